The fourth-order valence-corrected chi connectivity index (χ4v) is 3.13. The molecule has 19 heavy (non-hydrogen) atoms. The zero-order valence-electron chi connectivity index (χ0n) is 10.8. The number of benzene rings is 1. The number of aryl methyl sites for hydroxylation is 1. The van der Waals surface area contributed by atoms with Gasteiger partial charge in [-0.3, -0.25) is 4.79 Å². The summed E-state index contributed by atoms with van der Waals surface area (Å²) in [7, 11) is 0. The van der Waals surface area contributed by atoms with Gasteiger partial charge in [0.1, 0.15) is 0 Å². The molecule has 0 atom stereocenters. The second kappa shape index (κ2) is 6.87. The molecule has 2 aromatic rings. The predicted molar refractivity (Wildman–Crippen MR) is 84.0 cm³/mol. The molecule has 0 saturated carbocycles. The van der Waals surface area contributed by atoms with Gasteiger partial charge in [0.15, 0.2) is 0 Å². The van der Waals surface area contributed by atoms with E-state index in [0.717, 1.165) is 15.8 Å². The Kier molecular flexibility index (Phi) is 5.16. The summed E-state index contributed by atoms with van der Waals surface area (Å²) in [5, 5.41) is 0.788. The highest BCUT2D eigenvalue weighted by Crippen LogP contribution is 2.18. The molecule has 0 radical (unpaired) electrons. The second-order valence-electron chi connectivity index (χ2n) is 4.31. The summed E-state index contributed by atoms with van der Waals surface area (Å²) < 4.78 is 0. The standard InChI is InChI=1S/C15H16BrNOS/c1-12-7-8-14(19-12)15(18)17(10-9-16)11-13-5-3-2-4-6-13/h2-8H,9-11H2,1H3. The Labute approximate surface area is 126 Å². The summed E-state index contributed by atoms with van der Waals surface area (Å²) in [5.41, 5.74) is 1.16. The van der Waals surface area contributed by atoms with Gasteiger partial charge < -0.3 is 4.90 Å². The van der Waals surface area contributed by atoms with Crippen molar-refractivity contribution in [1.29, 1.82) is 0 Å². The lowest BCUT2D eigenvalue weighted by atomic mass is 10.2. The van der Waals surface area contributed by atoms with Crippen molar-refractivity contribution in [2.45, 2.75) is 13.5 Å². The quantitative estimate of drug-likeness (QED) is 0.752. The highest BCUT2D eigenvalue weighted by atomic mass is 79.9. The first-order valence-electron chi connectivity index (χ1n) is 6.16. The molecule has 2 rings (SSSR count). The number of alkyl halides is 1. The van der Waals surface area contributed by atoms with Gasteiger partial charge in [-0.2, -0.15) is 0 Å². The van der Waals surface area contributed by atoms with E-state index in [4.69, 9.17) is 0 Å². The Morgan fingerprint density at radius 2 is 1.95 bits per heavy atom. The van der Waals surface area contributed by atoms with E-state index in [1.54, 1.807) is 11.3 Å². The fraction of sp³-hybridized carbons (Fsp3) is 0.267. The van der Waals surface area contributed by atoms with Gasteiger partial charge in [0.25, 0.3) is 5.91 Å². The van der Waals surface area contributed by atoms with Crippen LogP contribution in [0, 0.1) is 6.92 Å². The average Bonchev–Trinajstić information content (AvgIpc) is 2.85. The van der Waals surface area contributed by atoms with Crippen LogP contribution in [-0.2, 0) is 6.54 Å². The van der Waals surface area contributed by atoms with Crippen LogP contribution < -0.4 is 0 Å². The van der Waals surface area contributed by atoms with E-state index in [1.807, 2.05) is 54.3 Å². The van der Waals surface area contributed by atoms with Gasteiger partial charge in [0.2, 0.25) is 0 Å². The van der Waals surface area contributed by atoms with Gasteiger partial charge in [-0.05, 0) is 24.6 Å². The van der Waals surface area contributed by atoms with E-state index >= 15 is 0 Å². The molecule has 100 valence electrons. The fourth-order valence-electron chi connectivity index (χ4n) is 1.86. The minimum atomic E-state index is 0.112. The molecular weight excluding hydrogens is 322 g/mol. The maximum absolute atomic E-state index is 12.5. The van der Waals surface area contributed by atoms with Gasteiger partial charge in [-0.15, -0.1) is 11.3 Å². The van der Waals surface area contributed by atoms with Crippen LogP contribution in [0.5, 0.6) is 0 Å². The lowest BCUT2D eigenvalue weighted by molar-refractivity contribution is 0.0759. The van der Waals surface area contributed by atoms with Crippen molar-refractivity contribution in [3.63, 3.8) is 0 Å². The Bertz CT molecular complexity index is 538. The zero-order valence-corrected chi connectivity index (χ0v) is 13.2. The first kappa shape index (κ1) is 14.3. The number of hydrogen-bond acceptors (Lipinski definition) is 2. The molecule has 0 spiro atoms. The maximum atomic E-state index is 12.5. The van der Waals surface area contributed by atoms with Crippen molar-refractivity contribution in [2.75, 3.05) is 11.9 Å². The molecule has 2 nitrogen and oxygen atoms in total. The third-order valence-electron chi connectivity index (χ3n) is 2.81. The summed E-state index contributed by atoms with van der Waals surface area (Å²) in [6.45, 7) is 3.39. The molecule has 0 unspecified atom stereocenters. The Hall–Kier alpha value is -1.13. The number of hydrogen-bond donors (Lipinski definition) is 0. The van der Waals surface area contributed by atoms with Crippen molar-refractivity contribution >= 4 is 33.2 Å². The molecule has 0 aliphatic heterocycles. The summed E-state index contributed by atoms with van der Waals surface area (Å²) in [6.07, 6.45) is 0. The van der Waals surface area contributed by atoms with Crippen LogP contribution in [0.3, 0.4) is 0 Å². The highest BCUT2D eigenvalue weighted by molar-refractivity contribution is 9.09. The van der Waals surface area contributed by atoms with Crippen molar-refractivity contribution in [3.05, 3.63) is 57.8 Å². The van der Waals surface area contributed by atoms with Crippen molar-refractivity contribution < 1.29 is 4.79 Å². The summed E-state index contributed by atoms with van der Waals surface area (Å²) >= 11 is 4.97. The lowest BCUT2D eigenvalue weighted by Gasteiger charge is -2.21. The zero-order chi connectivity index (χ0) is 13.7. The van der Waals surface area contributed by atoms with E-state index in [9.17, 15) is 4.79 Å². The number of amides is 1. The summed E-state index contributed by atoms with van der Waals surface area (Å²) in [6, 6.07) is 14.0. The van der Waals surface area contributed by atoms with Crippen LogP contribution in [0.4, 0.5) is 0 Å². The topological polar surface area (TPSA) is 20.3 Å². The SMILES string of the molecule is Cc1ccc(C(=O)N(CCBr)Cc2ccccc2)s1. The number of carbonyl (C=O) groups excluding carboxylic acids is 1. The second-order valence-corrected chi connectivity index (χ2v) is 6.39. The van der Waals surface area contributed by atoms with Crippen LogP contribution in [0.15, 0.2) is 42.5 Å². The Morgan fingerprint density at radius 3 is 2.53 bits per heavy atom. The van der Waals surface area contributed by atoms with Gasteiger partial charge in [0, 0.05) is 23.3 Å². The first-order chi connectivity index (χ1) is 9.20. The molecule has 0 aliphatic carbocycles. The number of halogens is 1. The minimum absolute atomic E-state index is 0.112. The smallest absolute Gasteiger partial charge is 0.264 e. The minimum Gasteiger partial charge on any atom is -0.333 e. The maximum Gasteiger partial charge on any atom is 0.264 e. The summed E-state index contributed by atoms with van der Waals surface area (Å²) in [5.74, 6) is 0.112. The Balaban J connectivity index is 2.13. The number of nitrogens with zero attached hydrogens (tertiary/aromatic N) is 1. The number of carbonyl (C=O) groups is 1. The largest absolute Gasteiger partial charge is 0.333 e. The van der Waals surface area contributed by atoms with Crippen LogP contribution in [0.25, 0.3) is 0 Å². The van der Waals surface area contributed by atoms with E-state index in [1.165, 1.54) is 4.88 Å². The molecule has 0 bridgehead atoms. The van der Waals surface area contributed by atoms with Crippen molar-refractivity contribution in [3.8, 4) is 0 Å². The molecule has 0 aliphatic rings. The van der Waals surface area contributed by atoms with Gasteiger partial charge in [-0.1, -0.05) is 46.3 Å². The van der Waals surface area contributed by atoms with Crippen LogP contribution >= 0.6 is 27.3 Å². The van der Waals surface area contributed by atoms with E-state index in [0.29, 0.717) is 13.1 Å². The molecule has 0 fully saturated rings. The highest BCUT2D eigenvalue weighted by Gasteiger charge is 2.16. The van der Waals surface area contributed by atoms with Crippen LogP contribution in [0.2, 0.25) is 0 Å². The van der Waals surface area contributed by atoms with Crippen molar-refractivity contribution in [2.24, 2.45) is 0 Å². The monoisotopic (exact) mass is 337 g/mol. The molecule has 0 N–H and O–H groups in total. The molecule has 0 saturated heterocycles. The molecular formula is C15H16BrNOS. The predicted octanol–water partition coefficient (Wildman–Crippen LogP) is 4.09. The van der Waals surface area contributed by atoms with E-state index in [-0.39, 0.29) is 5.91 Å². The third kappa shape index (κ3) is 3.91. The van der Waals surface area contributed by atoms with Crippen LogP contribution in [0.1, 0.15) is 20.1 Å². The molecule has 1 heterocycles. The van der Waals surface area contributed by atoms with Gasteiger partial charge >= 0.3 is 0 Å². The average molecular weight is 338 g/mol. The number of rotatable bonds is 5. The van der Waals surface area contributed by atoms with Crippen molar-refractivity contribution in [1.82, 2.24) is 4.90 Å². The Morgan fingerprint density at radius 1 is 1.21 bits per heavy atom. The number of thiophene rings is 1. The van der Waals surface area contributed by atoms with E-state index < -0.39 is 0 Å². The third-order valence-corrected chi connectivity index (χ3v) is 4.15. The summed E-state index contributed by atoms with van der Waals surface area (Å²) in [4.78, 5) is 16.3. The molecule has 4 heteroatoms. The molecule has 1 amide bonds. The first-order valence-corrected chi connectivity index (χ1v) is 8.10. The normalized spacial score (nSPS) is 10.4. The van der Waals surface area contributed by atoms with Gasteiger partial charge in [0.05, 0.1) is 4.88 Å². The van der Waals surface area contributed by atoms with E-state index in [2.05, 4.69) is 15.9 Å². The lowest BCUT2D eigenvalue weighted by Crippen LogP contribution is -2.31. The van der Waals surface area contributed by atoms with Gasteiger partial charge in [-0.25, -0.2) is 0 Å². The van der Waals surface area contributed by atoms with Crippen LogP contribution in [-0.4, -0.2) is 22.7 Å². The molecule has 1 aromatic heterocycles. The molecule has 1 aromatic carbocycles.